The van der Waals surface area contributed by atoms with E-state index in [1.165, 1.54) is 28.8 Å². The fourth-order valence-corrected chi connectivity index (χ4v) is 3.16. The first-order valence-corrected chi connectivity index (χ1v) is 8.64. The molecule has 0 aliphatic carbocycles. The van der Waals surface area contributed by atoms with Crippen LogP contribution in [0.4, 0.5) is 0 Å². The highest BCUT2D eigenvalue weighted by atomic mass is 32.1. The second kappa shape index (κ2) is 8.15. The third kappa shape index (κ3) is 4.55. The molecule has 1 atom stereocenters. The Labute approximate surface area is 136 Å². The number of hydrogen-bond acceptors (Lipinski definition) is 2. The Morgan fingerprint density at radius 2 is 2.00 bits per heavy atom. The van der Waals surface area contributed by atoms with Gasteiger partial charge in [-0.2, -0.15) is 0 Å². The number of thiophene rings is 1. The van der Waals surface area contributed by atoms with Crippen molar-refractivity contribution in [3.8, 4) is 0 Å². The smallest absolute Gasteiger partial charge is 0.166 e. The fraction of sp³-hybridized carbons (Fsp3) is 0.353. The molecular formula is C17H22N2S2. The predicted octanol–water partition coefficient (Wildman–Crippen LogP) is 4.27. The van der Waals surface area contributed by atoms with Crippen LogP contribution in [0.5, 0.6) is 0 Å². The molecule has 0 fully saturated rings. The predicted molar refractivity (Wildman–Crippen MR) is 96.0 cm³/mol. The summed E-state index contributed by atoms with van der Waals surface area (Å²) in [6, 6.07) is 13.2. The van der Waals surface area contributed by atoms with Crippen molar-refractivity contribution in [3.05, 3.63) is 57.8 Å². The highest BCUT2D eigenvalue weighted by molar-refractivity contribution is 7.80. The molecule has 0 spiro atoms. The van der Waals surface area contributed by atoms with E-state index in [0.717, 1.165) is 6.42 Å². The number of hydrogen-bond donors (Lipinski definition) is 2. The number of unbranched alkanes of at least 4 members (excludes halogenated alkanes) is 1. The minimum atomic E-state index is 0.116. The second-order valence-corrected chi connectivity index (χ2v) is 6.40. The van der Waals surface area contributed by atoms with E-state index in [1.807, 2.05) is 7.05 Å². The maximum atomic E-state index is 5.27. The molecule has 0 saturated carbocycles. The fourth-order valence-electron chi connectivity index (χ4n) is 2.24. The van der Waals surface area contributed by atoms with Gasteiger partial charge in [0.1, 0.15) is 0 Å². The van der Waals surface area contributed by atoms with Crippen LogP contribution >= 0.6 is 23.6 Å². The molecule has 2 nitrogen and oxygen atoms in total. The van der Waals surface area contributed by atoms with Crippen molar-refractivity contribution in [2.24, 2.45) is 0 Å². The molecule has 1 heterocycles. The molecule has 1 aromatic heterocycles. The molecule has 4 heteroatoms. The van der Waals surface area contributed by atoms with Gasteiger partial charge in [-0.25, -0.2) is 0 Å². The molecule has 0 aliphatic heterocycles. The van der Waals surface area contributed by atoms with Crippen molar-refractivity contribution >= 4 is 28.7 Å². The molecule has 0 unspecified atom stereocenters. The second-order valence-electron chi connectivity index (χ2n) is 5.02. The lowest BCUT2D eigenvalue weighted by atomic mass is 10.0. The number of benzene rings is 1. The number of nitrogens with one attached hydrogen (secondary N) is 2. The first kappa shape index (κ1) is 16.0. The Hall–Kier alpha value is -1.39. The lowest BCUT2D eigenvalue weighted by Crippen LogP contribution is -2.35. The Kier molecular flexibility index (Phi) is 6.21. The van der Waals surface area contributed by atoms with E-state index in [-0.39, 0.29) is 6.04 Å². The first-order chi connectivity index (χ1) is 10.2. The summed E-state index contributed by atoms with van der Waals surface area (Å²) in [7, 11) is 1.84. The van der Waals surface area contributed by atoms with E-state index in [9.17, 15) is 0 Å². The summed E-state index contributed by atoms with van der Waals surface area (Å²) in [6.07, 6.45) is 3.64. The average Bonchev–Trinajstić information content (AvgIpc) is 3.05. The van der Waals surface area contributed by atoms with E-state index >= 15 is 0 Å². The summed E-state index contributed by atoms with van der Waals surface area (Å²) in [6.45, 7) is 2.23. The van der Waals surface area contributed by atoms with Gasteiger partial charge in [0.05, 0.1) is 6.04 Å². The molecule has 0 amide bonds. The van der Waals surface area contributed by atoms with Crippen molar-refractivity contribution in [2.75, 3.05) is 7.05 Å². The lowest BCUT2D eigenvalue weighted by Gasteiger charge is -2.20. The van der Waals surface area contributed by atoms with Crippen LogP contribution in [0.2, 0.25) is 0 Å². The summed E-state index contributed by atoms with van der Waals surface area (Å²) >= 11 is 7.02. The van der Waals surface area contributed by atoms with Crippen LogP contribution in [0.15, 0.2) is 41.8 Å². The standard InChI is InChI=1S/C17H22N2S2/c1-3-4-6-13-8-10-14(11-9-13)16(19-17(20)18-2)15-7-5-12-21-15/h5,7-12,16H,3-4,6H2,1-2H3,(H2,18,19,20)/t16-/m1/s1. The van der Waals surface area contributed by atoms with E-state index < -0.39 is 0 Å². The van der Waals surface area contributed by atoms with Crippen molar-refractivity contribution in [2.45, 2.75) is 32.2 Å². The van der Waals surface area contributed by atoms with E-state index in [4.69, 9.17) is 12.2 Å². The van der Waals surface area contributed by atoms with Crippen LogP contribution in [0.1, 0.15) is 41.8 Å². The van der Waals surface area contributed by atoms with Crippen molar-refractivity contribution in [3.63, 3.8) is 0 Å². The van der Waals surface area contributed by atoms with Gasteiger partial charge in [-0.05, 0) is 47.6 Å². The van der Waals surface area contributed by atoms with E-state index in [0.29, 0.717) is 5.11 Å². The van der Waals surface area contributed by atoms with Gasteiger partial charge in [0.2, 0.25) is 0 Å². The van der Waals surface area contributed by atoms with Gasteiger partial charge >= 0.3 is 0 Å². The zero-order chi connectivity index (χ0) is 15.1. The molecule has 0 bridgehead atoms. The number of thiocarbonyl (C=S) groups is 1. The summed E-state index contributed by atoms with van der Waals surface area (Å²) in [4.78, 5) is 1.27. The van der Waals surface area contributed by atoms with Crippen molar-refractivity contribution in [1.82, 2.24) is 10.6 Å². The van der Waals surface area contributed by atoms with E-state index in [1.54, 1.807) is 11.3 Å². The summed E-state index contributed by atoms with van der Waals surface area (Å²) in [5.41, 5.74) is 2.65. The minimum absolute atomic E-state index is 0.116. The molecule has 2 aromatic rings. The summed E-state index contributed by atoms with van der Waals surface area (Å²) < 4.78 is 0. The molecule has 112 valence electrons. The van der Waals surface area contributed by atoms with Crippen LogP contribution in [-0.4, -0.2) is 12.2 Å². The topological polar surface area (TPSA) is 24.1 Å². The van der Waals surface area contributed by atoms with Gasteiger partial charge in [-0.1, -0.05) is 43.7 Å². The Balaban J connectivity index is 2.18. The quantitative estimate of drug-likeness (QED) is 0.778. The monoisotopic (exact) mass is 318 g/mol. The van der Waals surface area contributed by atoms with Gasteiger partial charge in [-0.15, -0.1) is 11.3 Å². The van der Waals surface area contributed by atoms with Gasteiger partial charge in [0.25, 0.3) is 0 Å². The van der Waals surface area contributed by atoms with Gasteiger partial charge in [0.15, 0.2) is 5.11 Å². The first-order valence-electron chi connectivity index (χ1n) is 7.35. The van der Waals surface area contributed by atoms with Crippen LogP contribution in [0.3, 0.4) is 0 Å². The normalized spacial score (nSPS) is 11.9. The third-order valence-corrected chi connectivity index (χ3v) is 4.72. The molecule has 0 saturated heterocycles. The molecule has 2 rings (SSSR count). The molecule has 21 heavy (non-hydrogen) atoms. The molecule has 0 radical (unpaired) electrons. The Bertz CT molecular complexity index is 547. The summed E-state index contributed by atoms with van der Waals surface area (Å²) in [5.74, 6) is 0. The van der Waals surface area contributed by atoms with Crippen LogP contribution in [0.25, 0.3) is 0 Å². The highest BCUT2D eigenvalue weighted by Gasteiger charge is 2.15. The highest BCUT2D eigenvalue weighted by Crippen LogP contribution is 2.26. The van der Waals surface area contributed by atoms with Crippen LogP contribution < -0.4 is 10.6 Å². The SMILES string of the molecule is CCCCc1ccc([C@@H](NC(=S)NC)c2cccs2)cc1. The average molecular weight is 319 g/mol. The van der Waals surface area contributed by atoms with E-state index in [2.05, 4.69) is 59.3 Å². The summed E-state index contributed by atoms with van der Waals surface area (Å²) in [5, 5.41) is 9.14. The molecule has 0 aliphatic rings. The third-order valence-electron chi connectivity index (χ3n) is 3.46. The Morgan fingerprint density at radius 1 is 1.24 bits per heavy atom. The zero-order valence-corrected chi connectivity index (χ0v) is 14.2. The van der Waals surface area contributed by atoms with Crippen LogP contribution in [-0.2, 0) is 6.42 Å². The molecule has 2 N–H and O–H groups in total. The zero-order valence-electron chi connectivity index (χ0n) is 12.6. The molecular weight excluding hydrogens is 296 g/mol. The van der Waals surface area contributed by atoms with Gasteiger partial charge in [-0.3, -0.25) is 0 Å². The van der Waals surface area contributed by atoms with Crippen molar-refractivity contribution in [1.29, 1.82) is 0 Å². The van der Waals surface area contributed by atoms with Gasteiger partial charge < -0.3 is 10.6 Å². The maximum Gasteiger partial charge on any atom is 0.166 e. The number of rotatable bonds is 6. The molecule has 1 aromatic carbocycles. The van der Waals surface area contributed by atoms with Crippen molar-refractivity contribution < 1.29 is 0 Å². The minimum Gasteiger partial charge on any atom is -0.366 e. The van der Waals surface area contributed by atoms with Gasteiger partial charge in [0, 0.05) is 11.9 Å². The largest absolute Gasteiger partial charge is 0.366 e. The maximum absolute atomic E-state index is 5.27. The number of aryl methyl sites for hydroxylation is 1. The Morgan fingerprint density at radius 3 is 2.57 bits per heavy atom. The lowest BCUT2D eigenvalue weighted by molar-refractivity contribution is 0.763. The van der Waals surface area contributed by atoms with Crippen LogP contribution in [0, 0.1) is 0 Å².